The number of piperidine rings is 2. The minimum atomic E-state index is -0.795. The molecule has 2 fully saturated rings. The van der Waals surface area contributed by atoms with E-state index in [1.165, 1.54) is 35.4 Å². The third-order valence-electron chi connectivity index (χ3n) is 6.31. The van der Waals surface area contributed by atoms with Gasteiger partial charge in [0, 0.05) is 42.8 Å². The molecule has 0 unspecified atom stereocenters. The molecule has 1 aromatic heterocycles. The number of benzene rings is 1. The molecule has 4 rings (SSSR count). The van der Waals surface area contributed by atoms with Crippen molar-refractivity contribution in [2.24, 2.45) is 5.92 Å². The molecule has 0 spiro atoms. The molecule has 7 nitrogen and oxygen atoms in total. The first-order valence-corrected chi connectivity index (χ1v) is 11.2. The normalized spacial score (nSPS) is 17.7. The Kier molecular flexibility index (Phi) is 7.96. The van der Waals surface area contributed by atoms with Crippen LogP contribution in [-0.2, 0) is 6.42 Å². The Morgan fingerprint density at radius 3 is 2.47 bits per heavy atom. The van der Waals surface area contributed by atoms with Crippen molar-refractivity contribution in [2.75, 3.05) is 45.2 Å². The minimum Gasteiger partial charge on any atom is -0.465 e. The fraction of sp³-hybridized carbons (Fsp3) is 0.652. The molecule has 0 aliphatic carbocycles. The highest BCUT2D eigenvalue weighted by atomic mass is 16.5. The number of likely N-dealkylation sites (tertiary alicyclic amines) is 1. The van der Waals surface area contributed by atoms with Crippen molar-refractivity contribution in [1.29, 1.82) is 0 Å². The van der Waals surface area contributed by atoms with Gasteiger partial charge in [-0.2, -0.15) is 0 Å². The lowest BCUT2D eigenvalue weighted by atomic mass is 9.91. The van der Waals surface area contributed by atoms with Gasteiger partial charge in [0.2, 0.25) is 0 Å². The van der Waals surface area contributed by atoms with E-state index in [-0.39, 0.29) is 0 Å². The maximum Gasteiger partial charge on any atom is 0.407 e. The van der Waals surface area contributed by atoms with Crippen molar-refractivity contribution >= 4 is 22.7 Å². The summed E-state index contributed by atoms with van der Waals surface area (Å²) < 4.78 is 5.74. The number of fused-ring (bicyclic) bond motifs is 1. The molecule has 0 atom stereocenters. The minimum absolute atomic E-state index is 0.570. The van der Waals surface area contributed by atoms with Crippen molar-refractivity contribution < 1.29 is 14.4 Å². The molecular weight excluding hydrogens is 380 g/mol. The first-order chi connectivity index (χ1) is 14.5. The second kappa shape index (κ2) is 10.7. The van der Waals surface area contributed by atoms with Crippen LogP contribution in [0.2, 0.25) is 0 Å². The smallest absolute Gasteiger partial charge is 0.407 e. The van der Waals surface area contributed by atoms with Gasteiger partial charge < -0.3 is 24.7 Å². The van der Waals surface area contributed by atoms with Crippen molar-refractivity contribution in [3.8, 4) is 0 Å². The molecule has 1 aromatic carbocycles. The Morgan fingerprint density at radius 2 is 1.83 bits per heavy atom. The fourth-order valence-corrected chi connectivity index (χ4v) is 4.59. The monoisotopic (exact) mass is 416 g/mol. The van der Waals surface area contributed by atoms with Gasteiger partial charge in [0.05, 0.1) is 5.69 Å². The topological polar surface area (TPSA) is 81.8 Å². The van der Waals surface area contributed by atoms with Gasteiger partial charge in [0.25, 0.3) is 0 Å². The maximum absolute atomic E-state index is 11.0. The van der Waals surface area contributed by atoms with Crippen LogP contribution in [0, 0.1) is 12.8 Å². The molecule has 30 heavy (non-hydrogen) atoms. The van der Waals surface area contributed by atoms with E-state index in [4.69, 9.17) is 9.63 Å². The molecule has 2 saturated heterocycles. The summed E-state index contributed by atoms with van der Waals surface area (Å²) in [5.74, 6) is 0.570. The summed E-state index contributed by atoms with van der Waals surface area (Å²) >= 11 is 0. The number of nitrogens with one attached hydrogen (secondary N) is 1. The number of aryl methyl sites for hydroxylation is 2. The molecule has 0 bridgehead atoms. The summed E-state index contributed by atoms with van der Waals surface area (Å²) in [7, 11) is 3.75. The van der Waals surface area contributed by atoms with Crippen molar-refractivity contribution in [3.05, 3.63) is 23.4 Å². The highest BCUT2D eigenvalue weighted by Crippen LogP contribution is 2.33. The van der Waals surface area contributed by atoms with Crippen LogP contribution in [0.25, 0.3) is 11.0 Å². The van der Waals surface area contributed by atoms with E-state index < -0.39 is 6.09 Å². The largest absolute Gasteiger partial charge is 0.465 e. The average molecular weight is 417 g/mol. The van der Waals surface area contributed by atoms with Crippen LogP contribution in [-0.4, -0.2) is 61.5 Å². The molecule has 1 amide bonds. The maximum atomic E-state index is 11.0. The number of nitrogens with zero attached hydrogens (tertiary/aromatic N) is 3. The number of amides is 1. The van der Waals surface area contributed by atoms with Crippen LogP contribution in [0.15, 0.2) is 16.7 Å². The number of rotatable bonds is 4. The third-order valence-corrected chi connectivity index (χ3v) is 6.31. The van der Waals surface area contributed by atoms with E-state index in [0.29, 0.717) is 19.0 Å². The highest BCUT2D eigenvalue weighted by Gasteiger charge is 2.23. The second-order valence-corrected chi connectivity index (χ2v) is 8.52. The molecule has 166 valence electrons. The van der Waals surface area contributed by atoms with Crippen LogP contribution in [0.1, 0.15) is 49.8 Å². The summed E-state index contributed by atoms with van der Waals surface area (Å²) in [5.41, 5.74) is 4.45. The Labute approximate surface area is 179 Å². The van der Waals surface area contributed by atoms with Crippen LogP contribution in [0.5, 0.6) is 0 Å². The summed E-state index contributed by atoms with van der Waals surface area (Å²) in [5, 5.41) is 17.3. The second-order valence-electron chi connectivity index (χ2n) is 8.52. The van der Waals surface area contributed by atoms with Crippen molar-refractivity contribution in [3.63, 3.8) is 0 Å². The molecule has 2 aliphatic heterocycles. The van der Waals surface area contributed by atoms with Gasteiger partial charge in [-0.3, -0.25) is 0 Å². The van der Waals surface area contributed by atoms with Gasteiger partial charge in [0.15, 0.2) is 5.58 Å². The number of carbonyl (C=O) groups is 1. The zero-order valence-electron chi connectivity index (χ0n) is 18.6. The lowest BCUT2D eigenvalue weighted by molar-refractivity contribution is 0.123. The fourth-order valence-electron chi connectivity index (χ4n) is 4.59. The number of aromatic nitrogens is 1. The number of hydrogen-bond acceptors (Lipinski definition) is 5. The van der Waals surface area contributed by atoms with Gasteiger partial charge >= 0.3 is 6.09 Å². The summed E-state index contributed by atoms with van der Waals surface area (Å²) in [4.78, 5) is 15.0. The van der Waals surface area contributed by atoms with E-state index in [1.807, 2.05) is 14.1 Å². The van der Waals surface area contributed by atoms with Gasteiger partial charge in [-0.15, -0.1) is 0 Å². The van der Waals surface area contributed by atoms with Crippen molar-refractivity contribution in [2.45, 2.75) is 51.9 Å². The first-order valence-electron chi connectivity index (χ1n) is 11.2. The van der Waals surface area contributed by atoms with Crippen LogP contribution in [0.3, 0.4) is 0 Å². The lowest BCUT2D eigenvalue weighted by Gasteiger charge is -2.30. The van der Waals surface area contributed by atoms with E-state index in [2.05, 4.69) is 34.4 Å². The summed E-state index contributed by atoms with van der Waals surface area (Å²) in [6, 6.07) is 4.40. The third kappa shape index (κ3) is 5.25. The standard InChI is InChI=1S/C21H29N3O3.C2H7N/c1-15-19(23-11-3-2-4-12-23)8-6-17-18(22-27-20(15)17)7-5-16-9-13-24(14-10-16)21(25)26;1-3-2/h6,8,16H,2-5,7,9-14H2,1H3,(H,25,26);3H,1-2H3. The van der Waals surface area contributed by atoms with Crippen LogP contribution < -0.4 is 10.2 Å². The van der Waals surface area contributed by atoms with Crippen molar-refractivity contribution in [1.82, 2.24) is 15.4 Å². The quantitative estimate of drug-likeness (QED) is 0.774. The Hall–Kier alpha value is -2.28. The molecule has 0 saturated carbocycles. The molecule has 2 N–H and O–H groups in total. The number of anilines is 1. The van der Waals surface area contributed by atoms with Gasteiger partial charge in [-0.05, 0) is 84.0 Å². The predicted octanol–water partition coefficient (Wildman–Crippen LogP) is 4.28. The van der Waals surface area contributed by atoms with Gasteiger partial charge in [-0.1, -0.05) is 5.16 Å². The van der Waals surface area contributed by atoms with Crippen LogP contribution >= 0.6 is 0 Å². The summed E-state index contributed by atoms with van der Waals surface area (Å²) in [6.07, 6.45) is 6.89. The predicted molar refractivity (Wildman–Crippen MR) is 120 cm³/mol. The van der Waals surface area contributed by atoms with Gasteiger partial charge in [-0.25, -0.2) is 4.79 Å². The first kappa shape index (κ1) is 22.4. The highest BCUT2D eigenvalue weighted by molar-refractivity contribution is 5.87. The Bertz CT molecular complexity index is 821. The lowest BCUT2D eigenvalue weighted by Crippen LogP contribution is -2.37. The molecule has 0 radical (unpaired) electrons. The van der Waals surface area contributed by atoms with Gasteiger partial charge in [0.1, 0.15) is 0 Å². The Morgan fingerprint density at radius 1 is 1.17 bits per heavy atom. The zero-order chi connectivity index (χ0) is 21.5. The Balaban J connectivity index is 0.000000806. The summed E-state index contributed by atoms with van der Waals surface area (Å²) in [6.45, 7) is 5.70. The number of hydrogen-bond donors (Lipinski definition) is 2. The molecule has 2 aliphatic rings. The zero-order valence-corrected chi connectivity index (χ0v) is 18.6. The SMILES string of the molecule is CNC.Cc1c(N2CCCCC2)ccc2c(CCC3CCN(C(=O)O)CC3)noc12. The van der Waals surface area contributed by atoms with E-state index in [9.17, 15) is 4.79 Å². The van der Waals surface area contributed by atoms with E-state index >= 15 is 0 Å². The molecule has 3 heterocycles. The molecular formula is C23H36N4O3. The average Bonchev–Trinajstić information content (AvgIpc) is 3.18. The van der Waals surface area contributed by atoms with E-state index in [0.717, 1.165) is 55.4 Å². The van der Waals surface area contributed by atoms with E-state index in [1.54, 1.807) is 0 Å². The number of carboxylic acid groups (broad SMARTS) is 1. The molecule has 7 heteroatoms. The van der Waals surface area contributed by atoms with Crippen LogP contribution in [0.4, 0.5) is 10.5 Å². The molecule has 2 aromatic rings.